The van der Waals surface area contributed by atoms with E-state index >= 15 is 0 Å². The van der Waals surface area contributed by atoms with Crippen LogP contribution in [0.4, 0.5) is 5.69 Å². The lowest BCUT2D eigenvalue weighted by molar-refractivity contribution is 0.0947. The van der Waals surface area contributed by atoms with Gasteiger partial charge in [0.1, 0.15) is 0 Å². The van der Waals surface area contributed by atoms with Crippen LogP contribution < -0.4 is 15.4 Å². The van der Waals surface area contributed by atoms with E-state index in [0.717, 1.165) is 0 Å². The number of hydrogen-bond donors (Lipinski definition) is 3. The summed E-state index contributed by atoms with van der Waals surface area (Å²) in [6.07, 6.45) is 0. The number of nitrogens with zero attached hydrogens (tertiary/aromatic N) is 1. The van der Waals surface area contributed by atoms with Crippen molar-refractivity contribution in [3.05, 3.63) is 60.2 Å². The summed E-state index contributed by atoms with van der Waals surface area (Å²) < 4.78 is 26.5. The van der Waals surface area contributed by atoms with Gasteiger partial charge in [-0.05, 0) is 36.4 Å². The molecule has 0 aliphatic carbocycles. The van der Waals surface area contributed by atoms with Crippen LogP contribution in [0.3, 0.4) is 0 Å². The van der Waals surface area contributed by atoms with Crippen LogP contribution in [0.1, 0.15) is 10.4 Å². The van der Waals surface area contributed by atoms with Gasteiger partial charge in [0.05, 0.1) is 17.2 Å². The van der Waals surface area contributed by atoms with Gasteiger partial charge >= 0.3 is 0 Å². The maximum Gasteiger partial charge on any atom is 0.264 e. The zero-order valence-electron chi connectivity index (χ0n) is 13.8. The summed E-state index contributed by atoms with van der Waals surface area (Å²) in [5, 5.41) is 11.4. The van der Waals surface area contributed by atoms with E-state index in [1.165, 1.54) is 35.6 Å². The normalized spacial score (nSPS) is 12.4. The molecule has 0 saturated heterocycles. The molecule has 134 valence electrons. The molecule has 25 heavy (non-hydrogen) atoms. The number of sulfonamides is 1. The zero-order valence-corrected chi connectivity index (χ0v) is 14.6. The molecule has 0 saturated carbocycles. The van der Waals surface area contributed by atoms with Gasteiger partial charge in [-0.1, -0.05) is 18.2 Å². The third-order valence-corrected chi connectivity index (χ3v) is 5.45. The van der Waals surface area contributed by atoms with Crippen molar-refractivity contribution in [1.82, 2.24) is 5.32 Å². The Balaban J connectivity index is 2.14. The Kier molecular flexibility index (Phi) is 6.13. The number of nitrogens with two attached hydrogens (primary N) is 1. The Labute approximate surface area is 147 Å². The number of rotatable bonds is 7. The van der Waals surface area contributed by atoms with Gasteiger partial charge in [0.15, 0.2) is 0 Å². The van der Waals surface area contributed by atoms with Gasteiger partial charge in [-0.2, -0.15) is 0 Å². The molecule has 1 atom stereocenters. The predicted molar refractivity (Wildman–Crippen MR) is 95.9 cm³/mol. The average Bonchev–Trinajstić information content (AvgIpc) is 2.65. The summed E-state index contributed by atoms with van der Waals surface area (Å²) in [6.45, 7) is -0.102. The lowest BCUT2D eigenvalue weighted by Gasteiger charge is -2.19. The summed E-state index contributed by atoms with van der Waals surface area (Å²) in [7, 11) is -2.24. The topological polar surface area (TPSA) is 113 Å². The molecule has 0 aliphatic rings. The smallest absolute Gasteiger partial charge is 0.264 e. The van der Waals surface area contributed by atoms with E-state index in [2.05, 4.69) is 5.32 Å². The van der Waals surface area contributed by atoms with Gasteiger partial charge in [0.2, 0.25) is 0 Å². The molecule has 0 aliphatic heterocycles. The van der Waals surface area contributed by atoms with Crippen LogP contribution in [0.25, 0.3) is 0 Å². The number of carbonyl (C=O) groups excluding carboxylic acids is 1. The van der Waals surface area contributed by atoms with Crippen molar-refractivity contribution in [2.24, 2.45) is 5.73 Å². The molecule has 7 nitrogen and oxygen atoms in total. The third-order valence-electron chi connectivity index (χ3n) is 3.65. The SMILES string of the molecule is CN(c1ccccc1)S(=O)(=O)c1ccc(C(=O)NCC(N)CO)cc1. The van der Waals surface area contributed by atoms with Crippen LogP contribution in [-0.4, -0.2) is 45.7 Å². The maximum atomic E-state index is 12.6. The summed E-state index contributed by atoms with van der Waals surface area (Å²) in [4.78, 5) is 12.1. The Bertz CT molecular complexity index is 808. The molecular formula is C17H21N3O4S. The number of amides is 1. The molecular weight excluding hydrogens is 342 g/mol. The van der Waals surface area contributed by atoms with Gasteiger partial charge in [0.25, 0.3) is 15.9 Å². The number of para-hydroxylation sites is 1. The van der Waals surface area contributed by atoms with E-state index in [-0.39, 0.29) is 24.0 Å². The molecule has 0 aromatic heterocycles. The first-order chi connectivity index (χ1) is 11.9. The van der Waals surface area contributed by atoms with E-state index in [0.29, 0.717) is 11.3 Å². The lowest BCUT2D eigenvalue weighted by atomic mass is 10.2. The number of hydrogen-bond acceptors (Lipinski definition) is 5. The second-order valence-corrected chi connectivity index (χ2v) is 7.45. The lowest BCUT2D eigenvalue weighted by Crippen LogP contribution is -2.39. The molecule has 8 heteroatoms. The minimum absolute atomic E-state index is 0.0856. The standard InChI is InChI=1S/C17H21N3O4S/c1-20(15-5-3-2-4-6-15)25(23,24)16-9-7-13(8-10-16)17(22)19-11-14(18)12-21/h2-10,14,21H,11-12,18H2,1H3,(H,19,22). The minimum Gasteiger partial charge on any atom is -0.395 e. The van der Waals surface area contributed by atoms with Crippen LogP contribution >= 0.6 is 0 Å². The quantitative estimate of drug-likeness (QED) is 0.665. The minimum atomic E-state index is -3.72. The number of aliphatic hydroxyl groups excluding tert-OH is 1. The number of aliphatic hydroxyl groups is 1. The van der Waals surface area contributed by atoms with Crippen molar-refractivity contribution in [3.8, 4) is 0 Å². The Morgan fingerprint density at radius 2 is 1.76 bits per heavy atom. The van der Waals surface area contributed by atoms with Crippen molar-refractivity contribution >= 4 is 21.6 Å². The van der Waals surface area contributed by atoms with Crippen LogP contribution in [0, 0.1) is 0 Å². The molecule has 0 bridgehead atoms. The first kappa shape index (κ1) is 18.9. The van der Waals surface area contributed by atoms with E-state index in [4.69, 9.17) is 10.8 Å². The van der Waals surface area contributed by atoms with Crippen LogP contribution in [0.5, 0.6) is 0 Å². The molecule has 2 aromatic rings. The van der Waals surface area contributed by atoms with Crippen molar-refractivity contribution < 1.29 is 18.3 Å². The predicted octanol–water partition coefficient (Wildman–Crippen LogP) is 0.561. The molecule has 0 spiro atoms. The zero-order chi connectivity index (χ0) is 18.4. The molecule has 1 unspecified atom stereocenters. The van der Waals surface area contributed by atoms with Crippen LogP contribution in [0.15, 0.2) is 59.5 Å². The van der Waals surface area contributed by atoms with Gasteiger partial charge in [0, 0.05) is 25.2 Å². The highest BCUT2D eigenvalue weighted by atomic mass is 32.2. The number of carbonyl (C=O) groups is 1. The molecule has 1 amide bonds. The van der Waals surface area contributed by atoms with Crippen molar-refractivity contribution in [2.75, 3.05) is 24.5 Å². The molecule has 2 rings (SSSR count). The van der Waals surface area contributed by atoms with Crippen LogP contribution in [0.2, 0.25) is 0 Å². The second-order valence-electron chi connectivity index (χ2n) is 5.49. The fourth-order valence-corrected chi connectivity index (χ4v) is 3.30. The highest BCUT2D eigenvalue weighted by Gasteiger charge is 2.21. The molecule has 0 radical (unpaired) electrons. The summed E-state index contributed by atoms with van der Waals surface area (Å²) >= 11 is 0. The first-order valence-electron chi connectivity index (χ1n) is 7.65. The Morgan fingerprint density at radius 1 is 1.16 bits per heavy atom. The molecule has 0 heterocycles. The average molecular weight is 363 g/mol. The van der Waals surface area contributed by atoms with Crippen molar-refractivity contribution in [2.45, 2.75) is 10.9 Å². The van der Waals surface area contributed by atoms with Crippen LogP contribution in [-0.2, 0) is 10.0 Å². The molecule has 0 fully saturated rings. The van der Waals surface area contributed by atoms with Gasteiger partial charge in [-0.25, -0.2) is 8.42 Å². The second kappa shape index (κ2) is 8.11. The molecule has 2 aromatic carbocycles. The fraction of sp³-hybridized carbons (Fsp3) is 0.235. The van der Waals surface area contributed by atoms with Gasteiger partial charge in [-0.15, -0.1) is 0 Å². The number of anilines is 1. The Hall–Kier alpha value is -2.42. The highest BCUT2D eigenvalue weighted by molar-refractivity contribution is 7.92. The summed E-state index contributed by atoms with van der Waals surface area (Å²) in [5.74, 6) is -0.385. The van der Waals surface area contributed by atoms with E-state index in [9.17, 15) is 13.2 Å². The number of benzene rings is 2. The van der Waals surface area contributed by atoms with Gasteiger partial charge < -0.3 is 16.2 Å². The highest BCUT2D eigenvalue weighted by Crippen LogP contribution is 2.21. The summed E-state index contributed by atoms with van der Waals surface area (Å²) in [6, 6.07) is 13.8. The van der Waals surface area contributed by atoms with E-state index in [1.807, 2.05) is 0 Å². The first-order valence-corrected chi connectivity index (χ1v) is 9.09. The Morgan fingerprint density at radius 3 is 2.32 bits per heavy atom. The van der Waals surface area contributed by atoms with E-state index in [1.54, 1.807) is 30.3 Å². The monoisotopic (exact) mass is 363 g/mol. The molecule has 4 N–H and O–H groups in total. The van der Waals surface area contributed by atoms with Crippen molar-refractivity contribution in [3.63, 3.8) is 0 Å². The van der Waals surface area contributed by atoms with Crippen molar-refractivity contribution in [1.29, 1.82) is 0 Å². The third kappa shape index (κ3) is 4.56. The van der Waals surface area contributed by atoms with Gasteiger partial charge in [-0.3, -0.25) is 9.10 Å². The fourth-order valence-electron chi connectivity index (χ4n) is 2.10. The van der Waals surface area contributed by atoms with E-state index < -0.39 is 16.1 Å². The number of nitrogens with one attached hydrogen (secondary N) is 1. The summed E-state index contributed by atoms with van der Waals surface area (Å²) in [5.41, 5.74) is 6.37. The largest absolute Gasteiger partial charge is 0.395 e. The maximum absolute atomic E-state index is 12.6.